The highest BCUT2D eigenvalue weighted by Gasteiger charge is 2.34. The van der Waals surface area contributed by atoms with Gasteiger partial charge in [0.2, 0.25) is 5.95 Å². The molecule has 0 saturated carbocycles. The number of nitrogens with zero attached hydrogens (tertiary/aromatic N) is 4. The van der Waals surface area contributed by atoms with Gasteiger partial charge in [-0.15, -0.1) is 10.1 Å². The number of carbonyl (C=O) groups excluding carboxylic acids is 1. The third-order valence-corrected chi connectivity index (χ3v) is 3.67. The second-order valence-corrected chi connectivity index (χ2v) is 5.20. The van der Waals surface area contributed by atoms with E-state index in [-0.39, 0.29) is 12.4 Å². The highest BCUT2D eigenvalue weighted by atomic mass is 17.0. The number of anilines is 1. The summed E-state index contributed by atoms with van der Waals surface area (Å²) in [6.07, 6.45) is 1.38. The first kappa shape index (κ1) is 16.4. The number of fused-ring (bicyclic) bond motifs is 1. The summed E-state index contributed by atoms with van der Waals surface area (Å²) in [6.45, 7) is 3.72. The van der Waals surface area contributed by atoms with E-state index in [0.29, 0.717) is 22.8 Å². The van der Waals surface area contributed by atoms with Crippen LogP contribution in [0.4, 0.5) is 5.95 Å². The summed E-state index contributed by atoms with van der Waals surface area (Å²) in [5, 5.41) is 16.7. The maximum Gasteiger partial charge on any atom is 0.338 e. The van der Waals surface area contributed by atoms with E-state index in [1.165, 1.54) is 18.5 Å². The van der Waals surface area contributed by atoms with E-state index >= 15 is 0 Å². The normalized spacial score (nSPS) is 16.0. The summed E-state index contributed by atoms with van der Waals surface area (Å²) in [4.78, 5) is 31.4. The van der Waals surface area contributed by atoms with E-state index < -0.39 is 17.1 Å². The van der Waals surface area contributed by atoms with Crippen LogP contribution in [0.3, 0.4) is 0 Å². The predicted octanol–water partition coefficient (Wildman–Crippen LogP) is 1.70. The number of allylic oxidation sites excluding steroid dienone is 1. The van der Waals surface area contributed by atoms with Crippen molar-refractivity contribution in [2.24, 2.45) is 0 Å². The fraction of sp³-hybridized carbons (Fsp3) is 0.267. The van der Waals surface area contributed by atoms with Crippen molar-refractivity contribution in [1.82, 2.24) is 14.8 Å². The molecule has 1 atom stereocenters. The fourth-order valence-electron chi connectivity index (χ4n) is 2.67. The van der Waals surface area contributed by atoms with Crippen LogP contribution in [0.1, 0.15) is 25.5 Å². The average molecular weight is 345 g/mol. The summed E-state index contributed by atoms with van der Waals surface area (Å²) in [7, 11) is 0. The number of rotatable bonds is 5. The highest BCUT2D eigenvalue weighted by Crippen LogP contribution is 2.35. The van der Waals surface area contributed by atoms with Gasteiger partial charge in [0.25, 0.3) is 5.09 Å². The summed E-state index contributed by atoms with van der Waals surface area (Å²) < 4.78 is 6.72. The van der Waals surface area contributed by atoms with Crippen LogP contribution in [0.15, 0.2) is 41.9 Å². The van der Waals surface area contributed by atoms with Crippen molar-refractivity contribution >= 4 is 11.9 Å². The molecule has 25 heavy (non-hydrogen) atoms. The Labute approximate surface area is 142 Å². The molecule has 1 aliphatic heterocycles. The van der Waals surface area contributed by atoms with Crippen molar-refractivity contribution in [2.75, 3.05) is 11.9 Å². The molecule has 0 aliphatic carbocycles. The number of carbonyl (C=O) groups is 1. The molecule has 0 fully saturated rings. The molecule has 0 bridgehead atoms. The molecule has 10 heteroatoms. The average Bonchev–Trinajstić information content (AvgIpc) is 3.02. The predicted molar refractivity (Wildman–Crippen MR) is 85.2 cm³/mol. The molecule has 1 unspecified atom stereocenters. The Morgan fingerprint density at radius 2 is 2.12 bits per heavy atom. The zero-order valence-electron chi connectivity index (χ0n) is 13.5. The van der Waals surface area contributed by atoms with Crippen LogP contribution in [0.5, 0.6) is 5.75 Å². The lowest BCUT2D eigenvalue weighted by molar-refractivity contribution is -0.711. The van der Waals surface area contributed by atoms with Gasteiger partial charge in [-0.2, -0.15) is 10.1 Å². The molecule has 0 radical (unpaired) electrons. The molecule has 1 aromatic carbocycles. The monoisotopic (exact) mass is 345 g/mol. The maximum atomic E-state index is 12.4. The Morgan fingerprint density at radius 3 is 2.76 bits per heavy atom. The van der Waals surface area contributed by atoms with Crippen molar-refractivity contribution in [3.8, 4) is 5.75 Å². The van der Waals surface area contributed by atoms with Crippen LogP contribution < -0.4 is 10.2 Å². The SMILES string of the molecule is CCOC(=O)C1=C(C)Nc2ncnn2C1c1ccc(O[N+](=O)[O-])cc1. The Kier molecular flexibility index (Phi) is 4.33. The largest absolute Gasteiger partial charge is 0.463 e. The quantitative estimate of drug-likeness (QED) is 0.494. The standard InChI is InChI=1S/C15H15N5O5/c1-3-24-14(21)12-9(2)18-15-16-8-17-19(15)13(12)10-4-6-11(7-5-10)25-20(22)23/h4-8,13H,3H2,1-2H3,(H,16,17,18). The smallest absolute Gasteiger partial charge is 0.338 e. The van der Waals surface area contributed by atoms with Crippen molar-refractivity contribution in [3.63, 3.8) is 0 Å². The zero-order chi connectivity index (χ0) is 18.0. The lowest BCUT2D eigenvalue weighted by atomic mass is 9.96. The number of aromatic nitrogens is 3. The number of hydrogen-bond acceptors (Lipinski definition) is 8. The van der Waals surface area contributed by atoms with E-state index in [4.69, 9.17) is 4.74 Å². The lowest BCUT2D eigenvalue weighted by Gasteiger charge is -2.28. The zero-order valence-corrected chi connectivity index (χ0v) is 13.5. The number of hydrogen-bond donors (Lipinski definition) is 1. The molecule has 3 rings (SSSR count). The number of nitrogens with one attached hydrogen (secondary N) is 1. The van der Waals surface area contributed by atoms with Gasteiger partial charge < -0.3 is 10.1 Å². The highest BCUT2D eigenvalue weighted by molar-refractivity contribution is 5.92. The molecule has 1 aromatic heterocycles. The maximum absolute atomic E-state index is 12.4. The van der Waals surface area contributed by atoms with Gasteiger partial charge in [0, 0.05) is 5.70 Å². The number of esters is 1. The van der Waals surface area contributed by atoms with Crippen molar-refractivity contribution in [1.29, 1.82) is 0 Å². The van der Waals surface area contributed by atoms with Gasteiger partial charge in [-0.1, -0.05) is 12.1 Å². The second kappa shape index (κ2) is 6.59. The van der Waals surface area contributed by atoms with Crippen molar-refractivity contribution < 1.29 is 19.5 Å². The minimum absolute atomic E-state index is 0.0832. The molecule has 1 aliphatic rings. The molecule has 10 nitrogen and oxygen atoms in total. The van der Waals surface area contributed by atoms with E-state index in [9.17, 15) is 14.9 Å². The Balaban J connectivity index is 2.04. The third kappa shape index (κ3) is 3.13. The number of ether oxygens (including phenoxy) is 1. The topological polar surface area (TPSA) is 121 Å². The Bertz CT molecular complexity index is 842. The first-order valence-corrected chi connectivity index (χ1v) is 7.48. The Hall–Kier alpha value is -3.43. The van der Waals surface area contributed by atoms with Crippen LogP contribution in [-0.2, 0) is 9.53 Å². The lowest BCUT2D eigenvalue weighted by Crippen LogP contribution is -2.29. The van der Waals surface area contributed by atoms with Crippen LogP contribution in [-0.4, -0.2) is 32.4 Å². The van der Waals surface area contributed by atoms with Crippen LogP contribution in [0.25, 0.3) is 0 Å². The number of benzene rings is 1. The van der Waals surface area contributed by atoms with E-state index in [2.05, 4.69) is 20.2 Å². The molecule has 1 N–H and O–H groups in total. The van der Waals surface area contributed by atoms with Crippen molar-refractivity contribution in [3.05, 3.63) is 57.5 Å². The van der Waals surface area contributed by atoms with Crippen LogP contribution in [0, 0.1) is 10.1 Å². The summed E-state index contributed by atoms with van der Waals surface area (Å²) in [6, 6.07) is 5.60. The molecule has 0 spiro atoms. The van der Waals surface area contributed by atoms with Gasteiger partial charge in [-0.05, 0) is 31.5 Å². The third-order valence-electron chi connectivity index (χ3n) is 3.67. The van der Waals surface area contributed by atoms with Gasteiger partial charge in [0.05, 0.1) is 12.2 Å². The van der Waals surface area contributed by atoms with Gasteiger partial charge in [0.1, 0.15) is 18.1 Å². The molecular formula is C15H15N5O5. The fourth-order valence-corrected chi connectivity index (χ4v) is 2.67. The van der Waals surface area contributed by atoms with Gasteiger partial charge in [0.15, 0.2) is 0 Å². The molecular weight excluding hydrogens is 330 g/mol. The molecule has 130 valence electrons. The van der Waals surface area contributed by atoms with E-state index in [0.717, 1.165) is 0 Å². The van der Waals surface area contributed by atoms with E-state index in [1.807, 2.05) is 0 Å². The van der Waals surface area contributed by atoms with Crippen molar-refractivity contribution in [2.45, 2.75) is 19.9 Å². The second-order valence-electron chi connectivity index (χ2n) is 5.20. The van der Waals surface area contributed by atoms with Gasteiger partial charge in [-0.3, -0.25) is 4.84 Å². The minimum atomic E-state index is -0.886. The summed E-state index contributed by atoms with van der Waals surface area (Å²) >= 11 is 0. The molecule has 0 saturated heterocycles. The van der Waals surface area contributed by atoms with Crippen LogP contribution >= 0.6 is 0 Å². The van der Waals surface area contributed by atoms with Crippen LogP contribution in [0.2, 0.25) is 0 Å². The van der Waals surface area contributed by atoms with Gasteiger partial charge >= 0.3 is 5.97 Å². The van der Waals surface area contributed by atoms with E-state index in [1.54, 1.807) is 30.7 Å². The summed E-state index contributed by atoms with van der Waals surface area (Å²) in [5.41, 5.74) is 1.68. The molecule has 2 aromatic rings. The summed E-state index contributed by atoms with van der Waals surface area (Å²) in [5.74, 6) is 0.102. The minimum Gasteiger partial charge on any atom is -0.463 e. The Morgan fingerprint density at radius 1 is 1.40 bits per heavy atom. The first-order valence-electron chi connectivity index (χ1n) is 7.48. The molecule has 2 heterocycles. The molecule has 0 amide bonds. The first-order chi connectivity index (χ1) is 12.0. The van der Waals surface area contributed by atoms with Gasteiger partial charge in [-0.25, -0.2) is 9.48 Å².